The van der Waals surface area contributed by atoms with Gasteiger partial charge in [-0.1, -0.05) is 49.7 Å². The van der Waals surface area contributed by atoms with Crippen molar-refractivity contribution < 1.29 is 22.7 Å². The zero-order valence-electron chi connectivity index (χ0n) is 22.3. The number of benzene rings is 3. The Morgan fingerprint density at radius 3 is 2.32 bits per heavy atom. The molecule has 3 rings (SSSR count). The molecule has 0 saturated heterocycles. The molecule has 0 unspecified atom stereocenters. The largest absolute Gasteiger partial charge is 0.493 e. The van der Waals surface area contributed by atoms with Crippen LogP contribution in [-0.2, 0) is 14.8 Å². The maximum Gasteiger partial charge on any atom is 0.271 e. The molecule has 0 saturated carbocycles. The van der Waals surface area contributed by atoms with E-state index in [0.29, 0.717) is 40.8 Å². The van der Waals surface area contributed by atoms with Crippen molar-refractivity contribution in [2.24, 2.45) is 5.92 Å². The Bertz CT molecular complexity index is 1380. The molecule has 6 nitrogen and oxygen atoms in total. The lowest BCUT2D eigenvalue weighted by Crippen LogP contribution is -2.36. The Labute approximate surface area is 220 Å². The fraction of sp³-hybridized carbons (Fsp3) is 0.300. The Kier molecular flexibility index (Phi) is 9.16. The molecule has 0 bridgehead atoms. The van der Waals surface area contributed by atoms with Crippen LogP contribution in [0.5, 0.6) is 11.5 Å². The molecule has 0 radical (unpaired) electrons. The van der Waals surface area contributed by atoms with Gasteiger partial charge in [0.15, 0.2) is 11.5 Å². The standard InChI is InChI=1S/C30H35NO5S/c1-21(2)18-19-36-28-16-12-25(20-29(28)35-6)13-17-30(32)31(27-9-7-8-23(4)24(27)5)37(33,34)26-14-10-22(3)11-15-26/h7-17,20-21H,18-19H2,1-6H3/b17-13+. The fourth-order valence-corrected chi connectivity index (χ4v) is 5.13. The number of carbonyl (C=O) groups is 1. The number of amides is 1. The van der Waals surface area contributed by atoms with Crippen LogP contribution in [-0.4, -0.2) is 28.0 Å². The maximum absolute atomic E-state index is 13.7. The van der Waals surface area contributed by atoms with E-state index < -0.39 is 15.9 Å². The first kappa shape index (κ1) is 28.0. The minimum absolute atomic E-state index is 0.0466. The van der Waals surface area contributed by atoms with Crippen LogP contribution in [0.1, 0.15) is 42.5 Å². The van der Waals surface area contributed by atoms with Crippen LogP contribution in [0.4, 0.5) is 5.69 Å². The second-order valence-corrected chi connectivity index (χ2v) is 11.2. The average Bonchev–Trinajstić information content (AvgIpc) is 2.86. The van der Waals surface area contributed by atoms with E-state index in [0.717, 1.165) is 21.9 Å². The summed E-state index contributed by atoms with van der Waals surface area (Å²) in [6, 6.07) is 17.1. The second kappa shape index (κ2) is 12.1. The summed E-state index contributed by atoms with van der Waals surface area (Å²) in [5, 5.41) is 0. The summed E-state index contributed by atoms with van der Waals surface area (Å²) in [5.41, 5.74) is 3.52. The van der Waals surface area contributed by atoms with Crippen LogP contribution in [0.15, 0.2) is 71.6 Å². The van der Waals surface area contributed by atoms with Gasteiger partial charge in [0, 0.05) is 6.08 Å². The van der Waals surface area contributed by atoms with Crippen LogP contribution in [0.2, 0.25) is 0 Å². The van der Waals surface area contributed by atoms with E-state index in [9.17, 15) is 13.2 Å². The fourth-order valence-electron chi connectivity index (χ4n) is 3.68. The first-order valence-corrected chi connectivity index (χ1v) is 13.7. The lowest BCUT2D eigenvalue weighted by molar-refractivity contribution is -0.113. The Hall–Kier alpha value is -3.58. The average molecular weight is 522 g/mol. The van der Waals surface area contributed by atoms with Crippen LogP contribution in [0.25, 0.3) is 6.08 Å². The zero-order chi connectivity index (χ0) is 27.2. The smallest absolute Gasteiger partial charge is 0.271 e. The first-order chi connectivity index (χ1) is 17.5. The summed E-state index contributed by atoms with van der Waals surface area (Å²) in [6.45, 7) is 10.4. The van der Waals surface area contributed by atoms with E-state index >= 15 is 0 Å². The maximum atomic E-state index is 13.7. The van der Waals surface area contributed by atoms with E-state index in [1.54, 1.807) is 55.7 Å². The molecule has 0 aliphatic heterocycles. The van der Waals surface area contributed by atoms with E-state index in [4.69, 9.17) is 9.47 Å². The third kappa shape index (κ3) is 6.80. The number of nitrogens with zero attached hydrogens (tertiary/aromatic N) is 1. The highest BCUT2D eigenvalue weighted by Gasteiger charge is 2.31. The molecule has 37 heavy (non-hydrogen) atoms. The number of hydrogen-bond acceptors (Lipinski definition) is 5. The third-order valence-electron chi connectivity index (χ3n) is 6.11. The summed E-state index contributed by atoms with van der Waals surface area (Å²) in [6.07, 6.45) is 3.76. The molecule has 196 valence electrons. The normalized spacial score (nSPS) is 11.6. The highest BCUT2D eigenvalue weighted by atomic mass is 32.2. The molecule has 0 fully saturated rings. The van der Waals surface area contributed by atoms with Gasteiger partial charge in [-0.05, 0) is 86.2 Å². The van der Waals surface area contributed by atoms with Crippen molar-refractivity contribution in [3.8, 4) is 11.5 Å². The van der Waals surface area contributed by atoms with Gasteiger partial charge < -0.3 is 9.47 Å². The Morgan fingerprint density at radius 2 is 1.68 bits per heavy atom. The van der Waals surface area contributed by atoms with Crippen molar-refractivity contribution in [1.29, 1.82) is 0 Å². The minimum Gasteiger partial charge on any atom is -0.493 e. The molecule has 0 aliphatic rings. The van der Waals surface area contributed by atoms with Crippen molar-refractivity contribution in [2.75, 3.05) is 18.0 Å². The quantitative estimate of drug-likeness (QED) is 0.286. The minimum atomic E-state index is -4.16. The van der Waals surface area contributed by atoms with Gasteiger partial charge >= 0.3 is 0 Å². The molecule has 0 aromatic heterocycles. The predicted octanol–water partition coefficient (Wildman–Crippen LogP) is 6.48. The molecule has 0 spiro atoms. The number of anilines is 1. The van der Waals surface area contributed by atoms with E-state index in [-0.39, 0.29) is 4.90 Å². The zero-order valence-corrected chi connectivity index (χ0v) is 23.1. The van der Waals surface area contributed by atoms with Gasteiger partial charge in [0.05, 0.1) is 24.3 Å². The molecule has 0 atom stereocenters. The van der Waals surface area contributed by atoms with Crippen molar-refractivity contribution in [3.05, 3.63) is 89.0 Å². The highest BCUT2D eigenvalue weighted by molar-refractivity contribution is 7.93. The summed E-state index contributed by atoms with van der Waals surface area (Å²) >= 11 is 0. The van der Waals surface area contributed by atoms with Gasteiger partial charge in [-0.2, -0.15) is 4.31 Å². The Morgan fingerprint density at radius 1 is 0.973 bits per heavy atom. The molecule has 0 heterocycles. The topological polar surface area (TPSA) is 72.9 Å². The molecule has 7 heteroatoms. The lowest BCUT2D eigenvalue weighted by atomic mass is 10.1. The van der Waals surface area contributed by atoms with Crippen LogP contribution in [0.3, 0.4) is 0 Å². The van der Waals surface area contributed by atoms with Crippen molar-refractivity contribution in [3.63, 3.8) is 0 Å². The molecule has 0 N–H and O–H groups in total. The summed E-state index contributed by atoms with van der Waals surface area (Å²) in [7, 11) is -2.61. The lowest BCUT2D eigenvalue weighted by Gasteiger charge is -2.24. The monoisotopic (exact) mass is 521 g/mol. The van der Waals surface area contributed by atoms with Gasteiger partial charge in [0.25, 0.3) is 15.9 Å². The molecular weight excluding hydrogens is 486 g/mol. The number of hydrogen-bond donors (Lipinski definition) is 0. The third-order valence-corrected chi connectivity index (χ3v) is 7.84. The van der Waals surface area contributed by atoms with Gasteiger partial charge in [0.2, 0.25) is 0 Å². The van der Waals surface area contributed by atoms with Crippen molar-refractivity contribution >= 4 is 27.7 Å². The van der Waals surface area contributed by atoms with Crippen molar-refractivity contribution in [2.45, 2.75) is 45.9 Å². The number of carbonyl (C=O) groups excluding carboxylic acids is 1. The van der Waals surface area contributed by atoms with Crippen LogP contribution >= 0.6 is 0 Å². The summed E-state index contributed by atoms with van der Waals surface area (Å²) in [5.74, 6) is 1.00. The van der Waals surface area contributed by atoms with Gasteiger partial charge in [-0.3, -0.25) is 4.79 Å². The van der Waals surface area contributed by atoms with Crippen molar-refractivity contribution in [1.82, 2.24) is 0 Å². The van der Waals surface area contributed by atoms with E-state index in [2.05, 4.69) is 13.8 Å². The van der Waals surface area contributed by atoms with E-state index in [1.165, 1.54) is 18.2 Å². The van der Waals surface area contributed by atoms with Gasteiger partial charge in [-0.25, -0.2) is 8.42 Å². The SMILES string of the molecule is COc1cc(/C=C/C(=O)N(c2cccc(C)c2C)S(=O)(=O)c2ccc(C)cc2)ccc1OCCC(C)C. The number of methoxy groups -OCH3 is 1. The van der Waals surface area contributed by atoms with Gasteiger partial charge in [-0.15, -0.1) is 0 Å². The highest BCUT2D eigenvalue weighted by Crippen LogP contribution is 2.31. The second-order valence-electron chi connectivity index (χ2n) is 9.41. The molecular formula is C30H35NO5S. The molecule has 3 aromatic carbocycles. The van der Waals surface area contributed by atoms with Crippen LogP contribution < -0.4 is 13.8 Å². The number of sulfonamides is 1. The summed E-state index contributed by atoms with van der Waals surface area (Å²) in [4.78, 5) is 13.5. The van der Waals surface area contributed by atoms with E-state index in [1.807, 2.05) is 26.8 Å². The molecule has 0 aliphatic carbocycles. The van der Waals surface area contributed by atoms with Crippen LogP contribution in [0, 0.1) is 26.7 Å². The van der Waals surface area contributed by atoms with Gasteiger partial charge in [0.1, 0.15) is 0 Å². The first-order valence-electron chi connectivity index (χ1n) is 12.3. The predicted molar refractivity (Wildman–Crippen MR) is 149 cm³/mol. The Balaban J connectivity index is 1.97. The number of ether oxygens (including phenoxy) is 2. The number of aryl methyl sites for hydroxylation is 2. The summed E-state index contributed by atoms with van der Waals surface area (Å²) < 4.78 is 39.6. The number of rotatable bonds is 10. The molecule has 3 aromatic rings. The molecule has 1 amide bonds.